The maximum absolute atomic E-state index is 11.1. The average molecular weight is 321 g/mol. The van der Waals surface area contributed by atoms with Gasteiger partial charge in [-0.1, -0.05) is 18.2 Å². The Labute approximate surface area is 96.8 Å². The first-order valence-electron chi connectivity index (χ1n) is 3.94. The molecule has 0 amide bonds. The molecule has 15 heavy (non-hydrogen) atoms. The SMILES string of the molecule is CO/C([O-])=C(/[I+]c1ccccc1)[N+](=O)[O-]. The summed E-state index contributed by atoms with van der Waals surface area (Å²) >= 11 is -1.08. The molecule has 80 valence electrons. The summed E-state index contributed by atoms with van der Waals surface area (Å²) in [6.45, 7) is 0. The van der Waals surface area contributed by atoms with Crippen LogP contribution in [0.3, 0.4) is 0 Å². The van der Waals surface area contributed by atoms with E-state index in [9.17, 15) is 15.2 Å². The Morgan fingerprint density at radius 2 is 2.00 bits per heavy atom. The molecule has 1 aromatic rings. The zero-order chi connectivity index (χ0) is 11.3. The van der Waals surface area contributed by atoms with Crippen LogP contribution in [0.1, 0.15) is 0 Å². The molecule has 5 nitrogen and oxygen atoms in total. The zero-order valence-corrected chi connectivity index (χ0v) is 10.0. The highest BCUT2D eigenvalue weighted by Crippen LogP contribution is 1.89. The van der Waals surface area contributed by atoms with Gasteiger partial charge in [0.2, 0.25) is 3.57 Å². The van der Waals surface area contributed by atoms with Crippen molar-refractivity contribution in [2.75, 3.05) is 7.11 Å². The lowest BCUT2D eigenvalue weighted by Gasteiger charge is -2.02. The van der Waals surface area contributed by atoms with Crippen LogP contribution in [0.4, 0.5) is 0 Å². The molecule has 1 rings (SSSR count). The number of hydrogen-bond donors (Lipinski definition) is 0. The maximum atomic E-state index is 11.1. The van der Waals surface area contributed by atoms with Crippen molar-refractivity contribution in [1.29, 1.82) is 0 Å². The van der Waals surface area contributed by atoms with E-state index in [4.69, 9.17) is 0 Å². The van der Waals surface area contributed by atoms with Gasteiger partial charge in [-0.05, 0) is 19.2 Å². The fourth-order valence-corrected chi connectivity index (χ4v) is 2.81. The first-order chi connectivity index (χ1) is 7.15. The molecule has 0 saturated carbocycles. The van der Waals surface area contributed by atoms with Gasteiger partial charge in [0.1, 0.15) is 4.92 Å². The number of nitrogens with zero attached hydrogens (tertiary/aromatic N) is 1. The smallest absolute Gasteiger partial charge is 0.499 e. The fourth-order valence-electron chi connectivity index (χ4n) is 0.813. The van der Waals surface area contributed by atoms with Crippen molar-refractivity contribution in [2.45, 2.75) is 0 Å². The van der Waals surface area contributed by atoms with Crippen LogP contribution in [0.15, 0.2) is 40.0 Å². The van der Waals surface area contributed by atoms with Crippen molar-refractivity contribution < 1.29 is 36.0 Å². The summed E-state index contributed by atoms with van der Waals surface area (Å²) in [4.78, 5) is 9.94. The number of benzene rings is 1. The minimum atomic E-state index is -1.08. The van der Waals surface area contributed by atoms with Crippen molar-refractivity contribution in [2.24, 2.45) is 0 Å². The number of methoxy groups -OCH3 is 1. The Morgan fingerprint density at radius 1 is 1.40 bits per heavy atom. The van der Waals surface area contributed by atoms with Crippen LogP contribution >= 0.6 is 0 Å². The lowest BCUT2D eigenvalue weighted by Crippen LogP contribution is -3.61. The second-order valence-electron chi connectivity index (χ2n) is 2.43. The number of rotatable bonds is 4. The summed E-state index contributed by atoms with van der Waals surface area (Å²) in [7, 11) is 1.14. The van der Waals surface area contributed by atoms with E-state index < -0.39 is 32.1 Å². The van der Waals surface area contributed by atoms with E-state index in [2.05, 4.69) is 4.74 Å². The molecule has 0 unspecified atom stereocenters. The highest BCUT2D eigenvalue weighted by molar-refractivity contribution is 4.99. The van der Waals surface area contributed by atoms with Gasteiger partial charge in [-0.3, -0.25) is 10.1 Å². The van der Waals surface area contributed by atoms with Crippen LogP contribution in [-0.2, 0) is 4.74 Å². The number of hydrogen-bond acceptors (Lipinski definition) is 4. The normalized spacial score (nSPS) is 11.8. The van der Waals surface area contributed by atoms with Crippen molar-refractivity contribution in [3.63, 3.8) is 0 Å². The van der Waals surface area contributed by atoms with Crippen LogP contribution < -0.4 is 26.3 Å². The monoisotopic (exact) mass is 321 g/mol. The second-order valence-corrected chi connectivity index (χ2v) is 5.24. The first kappa shape index (κ1) is 11.8. The minimum Gasteiger partial charge on any atom is -0.609 e. The number of halogens is 1. The molecule has 0 bridgehead atoms. The Morgan fingerprint density at radius 3 is 2.47 bits per heavy atom. The number of ether oxygens (including phenoxy) is 1. The van der Waals surface area contributed by atoms with Gasteiger partial charge in [-0.15, -0.1) is 0 Å². The van der Waals surface area contributed by atoms with Crippen molar-refractivity contribution in [3.8, 4) is 0 Å². The minimum absolute atomic E-state index is 0.345. The predicted octanol–water partition coefficient (Wildman–Crippen LogP) is -2.64. The summed E-state index contributed by atoms with van der Waals surface area (Å²) in [5.41, 5.74) is 0. The molecule has 1 aromatic carbocycles. The van der Waals surface area contributed by atoms with E-state index in [1.54, 1.807) is 24.3 Å². The van der Waals surface area contributed by atoms with Gasteiger partial charge in [0.15, 0.2) is 5.95 Å². The first-order valence-corrected chi connectivity index (χ1v) is 6.10. The molecule has 0 atom stereocenters. The Bertz CT molecular complexity index is 377. The molecular weight excluding hydrogens is 313 g/mol. The highest BCUT2D eigenvalue weighted by atomic mass is 127. The van der Waals surface area contributed by atoms with Gasteiger partial charge in [0.25, 0.3) is 0 Å². The topological polar surface area (TPSA) is 75.4 Å². The Balaban J connectivity index is 2.91. The molecule has 0 fully saturated rings. The summed E-state index contributed by atoms with van der Waals surface area (Å²) in [5.74, 6) is -0.850. The van der Waals surface area contributed by atoms with Crippen LogP contribution in [-0.4, -0.2) is 12.0 Å². The molecule has 0 aliphatic rings. The van der Waals surface area contributed by atoms with E-state index in [1.807, 2.05) is 6.07 Å². The van der Waals surface area contributed by atoms with Crippen LogP contribution in [0.25, 0.3) is 0 Å². The van der Waals surface area contributed by atoms with Crippen LogP contribution in [0.2, 0.25) is 0 Å². The highest BCUT2D eigenvalue weighted by Gasteiger charge is 2.33. The lowest BCUT2D eigenvalue weighted by atomic mass is 10.4. The lowest BCUT2D eigenvalue weighted by molar-refractivity contribution is -0.713. The third kappa shape index (κ3) is 3.39. The standard InChI is InChI=1S/C9H8INO4/c1-15-9(12)8(11(13)14)10-7-5-3-2-4-6-7/h2-6H,1H3/b9-8-. The Hall–Kier alpha value is -1.31. The fraction of sp³-hybridized carbons (Fsp3) is 0.111. The molecule has 0 saturated heterocycles. The molecule has 0 heterocycles. The summed E-state index contributed by atoms with van der Waals surface area (Å²) in [6, 6.07) is 8.91. The second kappa shape index (κ2) is 5.54. The predicted molar refractivity (Wildman–Crippen MR) is 46.2 cm³/mol. The third-order valence-electron chi connectivity index (χ3n) is 1.45. The molecule has 0 aliphatic heterocycles. The van der Waals surface area contributed by atoms with Crippen molar-refractivity contribution >= 4 is 0 Å². The third-order valence-corrected chi connectivity index (χ3v) is 4.13. The largest absolute Gasteiger partial charge is 0.609 e. The Kier molecular flexibility index (Phi) is 4.35. The molecule has 0 N–H and O–H groups in total. The molecule has 0 aromatic heterocycles. The van der Waals surface area contributed by atoms with E-state index >= 15 is 0 Å². The van der Waals surface area contributed by atoms with Gasteiger partial charge in [-0.2, -0.15) is 0 Å². The molecule has 0 spiro atoms. The summed E-state index contributed by atoms with van der Waals surface area (Å²) in [5, 5.41) is 21.7. The quantitative estimate of drug-likeness (QED) is 0.200. The van der Waals surface area contributed by atoms with Gasteiger partial charge in [-0.25, -0.2) is 0 Å². The summed E-state index contributed by atoms with van der Waals surface area (Å²) in [6.07, 6.45) is 0. The van der Waals surface area contributed by atoms with Gasteiger partial charge >= 0.3 is 24.9 Å². The van der Waals surface area contributed by atoms with E-state index in [0.717, 1.165) is 10.7 Å². The number of nitro groups is 1. The molecule has 0 aliphatic carbocycles. The van der Waals surface area contributed by atoms with Gasteiger partial charge < -0.3 is 9.84 Å². The molecule has 6 heteroatoms. The zero-order valence-electron chi connectivity index (χ0n) is 7.84. The molecular formula is C9H8INO4. The van der Waals surface area contributed by atoms with Crippen molar-refractivity contribution in [1.82, 2.24) is 0 Å². The molecule has 0 radical (unpaired) electrons. The van der Waals surface area contributed by atoms with Gasteiger partial charge in [0.05, 0.1) is 0 Å². The van der Waals surface area contributed by atoms with Crippen LogP contribution in [0, 0.1) is 13.7 Å². The van der Waals surface area contributed by atoms with Crippen LogP contribution in [0.5, 0.6) is 0 Å². The van der Waals surface area contributed by atoms with Crippen molar-refractivity contribution in [3.05, 3.63) is 53.7 Å². The summed E-state index contributed by atoms with van der Waals surface area (Å²) < 4.78 is 4.82. The average Bonchev–Trinajstić information content (AvgIpc) is 2.26. The van der Waals surface area contributed by atoms with E-state index in [0.29, 0.717) is 0 Å². The maximum Gasteiger partial charge on any atom is 0.499 e. The van der Waals surface area contributed by atoms with Gasteiger partial charge in [0, 0.05) is 0 Å². The van der Waals surface area contributed by atoms with E-state index in [-0.39, 0.29) is 3.70 Å². The van der Waals surface area contributed by atoms with E-state index in [1.165, 1.54) is 0 Å².